The fourth-order valence-electron chi connectivity index (χ4n) is 3.26. The highest BCUT2D eigenvalue weighted by Crippen LogP contribution is 2.30. The van der Waals surface area contributed by atoms with Crippen LogP contribution < -0.4 is 4.74 Å². The normalized spacial score (nSPS) is 11.2. The zero-order valence-electron chi connectivity index (χ0n) is 15.0. The summed E-state index contributed by atoms with van der Waals surface area (Å²) in [5.74, 6) is 0.805. The first-order valence-corrected chi connectivity index (χ1v) is 9.15. The van der Waals surface area contributed by atoms with Crippen molar-refractivity contribution in [3.05, 3.63) is 77.9 Å². The molecule has 6 heteroatoms. The number of rotatable bonds is 3. The predicted octanol–water partition coefficient (Wildman–Crippen LogP) is 5.27. The Morgan fingerprint density at radius 3 is 2.43 bits per heavy atom. The van der Waals surface area contributed by atoms with E-state index in [4.69, 9.17) is 21.3 Å². The second-order valence-corrected chi connectivity index (χ2v) is 6.81. The number of fused-ring (bicyclic) bond motifs is 3. The average molecular weight is 387 g/mol. The zero-order chi connectivity index (χ0) is 19.1. The monoisotopic (exact) mass is 386 g/mol. The lowest BCUT2D eigenvalue weighted by Crippen LogP contribution is -1.98. The molecule has 0 aliphatic carbocycles. The summed E-state index contributed by atoms with van der Waals surface area (Å²) in [7, 11) is 1.66. The van der Waals surface area contributed by atoms with Gasteiger partial charge in [-0.2, -0.15) is 0 Å². The lowest BCUT2D eigenvalue weighted by molar-refractivity contribution is 0.415. The molecule has 28 heavy (non-hydrogen) atoms. The van der Waals surface area contributed by atoms with E-state index in [1.807, 2.05) is 71.2 Å². The lowest BCUT2D eigenvalue weighted by Gasteiger charge is -2.09. The maximum Gasteiger partial charge on any atom is 0.183 e. The van der Waals surface area contributed by atoms with Crippen LogP contribution in [-0.2, 0) is 0 Å². The SMILES string of the molecule is COc1ccc(-c2cc(-c3ccc(Cl)cc3)nc3c4cccnc4nn23)cc1. The third-order valence-electron chi connectivity index (χ3n) is 4.68. The molecule has 0 aliphatic rings. The Kier molecular flexibility index (Phi) is 3.95. The summed E-state index contributed by atoms with van der Waals surface area (Å²) in [5, 5.41) is 6.28. The lowest BCUT2D eigenvalue weighted by atomic mass is 10.1. The topological polar surface area (TPSA) is 52.3 Å². The molecule has 0 unspecified atom stereocenters. The van der Waals surface area contributed by atoms with E-state index in [1.165, 1.54) is 0 Å². The molecule has 0 aliphatic heterocycles. The van der Waals surface area contributed by atoms with E-state index in [9.17, 15) is 0 Å². The van der Waals surface area contributed by atoms with Crippen LogP contribution in [0.1, 0.15) is 0 Å². The molecule has 5 rings (SSSR count). The van der Waals surface area contributed by atoms with Gasteiger partial charge in [-0.1, -0.05) is 23.7 Å². The minimum Gasteiger partial charge on any atom is -0.497 e. The summed E-state index contributed by atoms with van der Waals surface area (Å²) in [5.41, 5.74) is 5.20. The molecule has 3 aromatic heterocycles. The smallest absolute Gasteiger partial charge is 0.183 e. The Hall–Kier alpha value is -3.44. The summed E-state index contributed by atoms with van der Waals surface area (Å²) in [6.07, 6.45) is 1.74. The van der Waals surface area contributed by atoms with Gasteiger partial charge in [-0.15, -0.1) is 5.10 Å². The Bertz CT molecular complexity index is 1290. The van der Waals surface area contributed by atoms with E-state index in [1.54, 1.807) is 13.3 Å². The molecule has 5 aromatic rings. The van der Waals surface area contributed by atoms with Gasteiger partial charge in [-0.25, -0.2) is 14.5 Å². The first-order valence-electron chi connectivity index (χ1n) is 8.78. The Labute approximate surface area is 166 Å². The number of methoxy groups -OCH3 is 1. The van der Waals surface area contributed by atoms with Gasteiger partial charge < -0.3 is 4.74 Å². The van der Waals surface area contributed by atoms with Crippen LogP contribution in [-0.4, -0.2) is 26.7 Å². The molecule has 0 spiro atoms. The minimum atomic E-state index is 0.665. The van der Waals surface area contributed by atoms with E-state index in [0.29, 0.717) is 10.7 Å². The first-order chi connectivity index (χ1) is 13.7. The number of hydrogen-bond donors (Lipinski definition) is 0. The second kappa shape index (κ2) is 6.62. The van der Waals surface area contributed by atoms with Crippen LogP contribution in [0.15, 0.2) is 72.9 Å². The molecule has 0 radical (unpaired) electrons. The zero-order valence-corrected chi connectivity index (χ0v) is 15.8. The van der Waals surface area contributed by atoms with E-state index >= 15 is 0 Å². The van der Waals surface area contributed by atoms with Gasteiger partial charge in [0, 0.05) is 22.3 Å². The molecule has 0 bridgehead atoms. The summed E-state index contributed by atoms with van der Waals surface area (Å²) < 4.78 is 7.13. The molecule has 0 atom stereocenters. The standard InChI is InChI=1S/C22H15ClN4O/c1-28-17-10-6-15(7-11-17)20-13-19(14-4-8-16(23)9-5-14)25-22-18-3-2-12-24-21(18)26-27(20)22/h2-13H,1H3. The van der Waals surface area contributed by atoms with E-state index < -0.39 is 0 Å². The van der Waals surface area contributed by atoms with Gasteiger partial charge in [0.05, 0.1) is 23.9 Å². The van der Waals surface area contributed by atoms with Crippen LogP contribution in [0.5, 0.6) is 5.75 Å². The van der Waals surface area contributed by atoms with Crippen LogP contribution in [0, 0.1) is 0 Å². The van der Waals surface area contributed by atoms with Gasteiger partial charge in [0.15, 0.2) is 11.3 Å². The van der Waals surface area contributed by atoms with Crippen LogP contribution in [0.4, 0.5) is 0 Å². The minimum absolute atomic E-state index is 0.665. The van der Waals surface area contributed by atoms with E-state index in [2.05, 4.69) is 10.1 Å². The molecule has 3 heterocycles. The maximum absolute atomic E-state index is 6.06. The number of hydrogen-bond acceptors (Lipinski definition) is 4. The fraction of sp³-hybridized carbons (Fsp3) is 0.0455. The van der Waals surface area contributed by atoms with E-state index in [-0.39, 0.29) is 0 Å². The van der Waals surface area contributed by atoms with Gasteiger partial charge >= 0.3 is 0 Å². The van der Waals surface area contributed by atoms with Crippen molar-refractivity contribution >= 4 is 28.3 Å². The van der Waals surface area contributed by atoms with Crippen molar-refractivity contribution in [2.45, 2.75) is 0 Å². The van der Waals surface area contributed by atoms with Crippen molar-refractivity contribution in [2.24, 2.45) is 0 Å². The molecule has 2 aromatic carbocycles. The van der Waals surface area contributed by atoms with Gasteiger partial charge in [-0.05, 0) is 54.6 Å². The highest BCUT2D eigenvalue weighted by Gasteiger charge is 2.15. The number of pyridine rings is 1. The quantitative estimate of drug-likeness (QED) is 0.423. The van der Waals surface area contributed by atoms with Crippen LogP contribution >= 0.6 is 11.6 Å². The number of halogens is 1. The van der Waals surface area contributed by atoms with Crippen molar-refractivity contribution in [2.75, 3.05) is 7.11 Å². The molecular formula is C22H15ClN4O. The number of ether oxygens (including phenoxy) is 1. The average Bonchev–Trinajstić information content (AvgIpc) is 3.12. The Morgan fingerprint density at radius 2 is 1.68 bits per heavy atom. The van der Waals surface area contributed by atoms with Gasteiger partial charge in [-0.3, -0.25) is 0 Å². The van der Waals surface area contributed by atoms with Crippen molar-refractivity contribution < 1.29 is 4.74 Å². The molecule has 136 valence electrons. The molecule has 0 fully saturated rings. The third-order valence-corrected chi connectivity index (χ3v) is 4.93. The molecular weight excluding hydrogens is 372 g/mol. The molecule has 0 amide bonds. The Balaban J connectivity index is 1.82. The van der Waals surface area contributed by atoms with Gasteiger partial charge in [0.25, 0.3) is 0 Å². The van der Waals surface area contributed by atoms with Crippen molar-refractivity contribution in [3.8, 4) is 28.3 Å². The molecule has 0 saturated heterocycles. The van der Waals surface area contributed by atoms with Gasteiger partial charge in [0.1, 0.15) is 5.75 Å². The molecule has 0 saturated carbocycles. The molecule has 5 nitrogen and oxygen atoms in total. The summed E-state index contributed by atoms with van der Waals surface area (Å²) in [4.78, 5) is 9.26. The third kappa shape index (κ3) is 2.77. The summed E-state index contributed by atoms with van der Waals surface area (Å²) >= 11 is 6.06. The number of nitrogens with zero attached hydrogens (tertiary/aromatic N) is 4. The highest BCUT2D eigenvalue weighted by atomic mass is 35.5. The largest absolute Gasteiger partial charge is 0.497 e. The number of aromatic nitrogens is 4. The van der Waals surface area contributed by atoms with Crippen LogP contribution in [0.2, 0.25) is 5.02 Å². The summed E-state index contributed by atoms with van der Waals surface area (Å²) in [6.45, 7) is 0. The second-order valence-electron chi connectivity index (χ2n) is 6.37. The van der Waals surface area contributed by atoms with Crippen LogP contribution in [0.3, 0.4) is 0 Å². The van der Waals surface area contributed by atoms with Crippen molar-refractivity contribution in [3.63, 3.8) is 0 Å². The Morgan fingerprint density at radius 1 is 0.929 bits per heavy atom. The highest BCUT2D eigenvalue weighted by molar-refractivity contribution is 6.30. The molecule has 0 N–H and O–H groups in total. The van der Waals surface area contributed by atoms with Crippen molar-refractivity contribution in [1.82, 2.24) is 19.6 Å². The maximum atomic E-state index is 6.06. The van der Waals surface area contributed by atoms with Crippen molar-refractivity contribution in [1.29, 1.82) is 0 Å². The summed E-state index contributed by atoms with van der Waals surface area (Å²) in [6, 6.07) is 21.5. The fourth-order valence-corrected chi connectivity index (χ4v) is 3.38. The van der Waals surface area contributed by atoms with E-state index in [0.717, 1.165) is 39.3 Å². The predicted molar refractivity (Wildman–Crippen MR) is 111 cm³/mol. The number of benzene rings is 2. The van der Waals surface area contributed by atoms with Gasteiger partial charge in [0.2, 0.25) is 0 Å². The van der Waals surface area contributed by atoms with Crippen LogP contribution in [0.25, 0.3) is 39.2 Å². The first kappa shape index (κ1) is 16.7.